The van der Waals surface area contributed by atoms with Gasteiger partial charge in [0.05, 0.1) is 12.8 Å². The fourth-order valence-corrected chi connectivity index (χ4v) is 5.15. The van der Waals surface area contributed by atoms with E-state index in [1.54, 1.807) is 15.8 Å². The maximum absolute atomic E-state index is 13.4. The molecule has 0 radical (unpaired) electrons. The normalized spacial score (nSPS) is 14.8. The molecule has 0 spiro atoms. The molecule has 1 amide bonds. The molecule has 0 unspecified atom stereocenters. The average Bonchev–Trinajstić information content (AvgIpc) is 3.60. The van der Waals surface area contributed by atoms with Gasteiger partial charge < -0.3 is 14.5 Å². The number of aromatic nitrogens is 4. The number of carbonyl (C=O) groups excluding carboxylic acids is 1. The van der Waals surface area contributed by atoms with E-state index in [0.717, 1.165) is 46.4 Å². The van der Waals surface area contributed by atoms with Gasteiger partial charge in [0.25, 0.3) is 0 Å². The summed E-state index contributed by atoms with van der Waals surface area (Å²) < 4.78 is 26.7. The summed E-state index contributed by atoms with van der Waals surface area (Å²) in [6, 6.07) is 18.5. The lowest BCUT2D eigenvalue weighted by atomic mass is 9.92. The molecule has 3 aromatic carbocycles. The van der Waals surface area contributed by atoms with E-state index in [-0.39, 0.29) is 5.75 Å². The van der Waals surface area contributed by atoms with Crippen molar-refractivity contribution in [2.75, 3.05) is 13.2 Å². The number of nitrogens with one attached hydrogen (secondary N) is 1. The number of nitrogens with zero attached hydrogens (tertiary/aromatic N) is 4. The lowest BCUT2D eigenvalue weighted by Gasteiger charge is -2.35. The zero-order valence-corrected chi connectivity index (χ0v) is 21.6. The van der Waals surface area contributed by atoms with Crippen molar-refractivity contribution < 1.29 is 18.7 Å². The fraction of sp³-hybridized carbons (Fsp3) is 0.207. The molecule has 1 atom stereocenters. The SMILES string of the molecule is O=C(Oc1ccc(F)cc1)N1CCc2c([nH]c3ccc(Cl)cc23)[C@@H]1c1ccc(OCCCn2ccnn2)cc1. The maximum atomic E-state index is 13.4. The van der Waals surface area contributed by atoms with E-state index in [9.17, 15) is 9.18 Å². The van der Waals surface area contributed by atoms with Crippen LogP contribution in [0.4, 0.5) is 9.18 Å². The summed E-state index contributed by atoms with van der Waals surface area (Å²) in [5.41, 5.74) is 3.89. The number of H-pyrrole nitrogens is 1. The third kappa shape index (κ3) is 5.31. The van der Waals surface area contributed by atoms with Gasteiger partial charge in [0.1, 0.15) is 23.4 Å². The number of hydrogen-bond donors (Lipinski definition) is 1. The molecule has 39 heavy (non-hydrogen) atoms. The van der Waals surface area contributed by atoms with Gasteiger partial charge in [-0.05, 0) is 72.1 Å². The van der Waals surface area contributed by atoms with Gasteiger partial charge in [-0.1, -0.05) is 28.9 Å². The minimum Gasteiger partial charge on any atom is -0.494 e. The van der Waals surface area contributed by atoms with Crippen molar-refractivity contribution in [3.63, 3.8) is 0 Å². The Bertz CT molecular complexity index is 1590. The highest BCUT2D eigenvalue weighted by Gasteiger charge is 2.35. The van der Waals surface area contributed by atoms with Gasteiger partial charge in [-0.2, -0.15) is 0 Å². The molecule has 1 N–H and O–H groups in total. The van der Waals surface area contributed by atoms with Crippen LogP contribution < -0.4 is 9.47 Å². The number of aryl methyl sites for hydroxylation is 1. The number of amides is 1. The topological polar surface area (TPSA) is 85.3 Å². The standard InChI is InChI=1S/C29H25ClFN5O3/c30-20-4-11-26-25(18-20)24-12-15-36(29(37)39-23-9-5-21(31)6-10-23)28(27(24)33-26)19-2-7-22(8-3-19)38-17-1-14-35-16-13-32-34-35/h2-11,13,16,18,28,33H,1,12,14-15,17H2/t28-/m0/s1. The Morgan fingerprint density at radius 2 is 1.87 bits per heavy atom. The van der Waals surface area contributed by atoms with Gasteiger partial charge in [-0.3, -0.25) is 9.58 Å². The monoisotopic (exact) mass is 545 g/mol. The molecule has 0 fully saturated rings. The van der Waals surface area contributed by atoms with E-state index in [0.29, 0.717) is 24.6 Å². The summed E-state index contributed by atoms with van der Waals surface area (Å²) in [5, 5.41) is 9.46. The molecular formula is C29H25ClFN5O3. The molecule has 2 aromatic heterocycles. The Balaban J connectivity index is 1.26. The first-order valence-corrected chi connectivity index (χ1v) is 13.0. The summed E-state index contributed by atoms with van der Waals surface area (Å²) in [7, 11) is 0. The third-order valence-electron chi connectivity index (χ3n) is 6.81. The average molecular weight is 546 g/mol. The van der Waals surface area contributed by atoms with Crippen LogP contribution in [-0.2, 0) is 13.0 Å². The predicted octanol–water partition coefficient (Wildman–Crippen LogP) is 6.17. The summed E-state index contributed by atoms with van der Waals surface area (Å²) in [5.74, 6) is 0.619. The van der Waals surface area contributed by atoms with Crippen LogP contribution in [0.25, 0.3) is 10.9 Å². The second-order valence-corrected chi connectivity index (χ2v) is 9.75. The highest BCUT2D eigenvalue weighted by molar-refractivity contribution is 6.31. The van der Waals surface area contributed by atoms with Crippen LogP contribution in [0.3, 0.4) is 0 Å². The third-order valence-corrected chi connectivity index (χ3v) is 7.05. The molecular weight excluding hydrogens is 521 g/mol. The Labute approximate surface area is 228 Å². The maximum Gasteiger partial charge on any atom is 0.416 e. The van der Waals surface area contributed by atoms with Crippen molar-refractivity contribution in [3.05, 3.63) is 107 Å². The van der Waals surface area contributed by atoms with Crippen LogP contribution in [0.1, 0.15) is 29.3 Å². The Morgan fingerprint density at radius 1 is 1.08 bits per heavy atom. The summed E-state index contributed by atoms with van der Waals surface area (Å²) in [6.07, 6.45) is 4.38. The van der Waals surface area contributed by atoms with Crippen LogP contribution in [0.2, 0.25) is 5.02 Å². The number of aromatic amines is 1. The molecule has 6 rings (SSSR count). The number of benzene rings is 3. The lowest BCUT2D eigenvalue weighted by molar-refractivity contribution is 0.135. The molecule has 8 nitrogen and oxygen atoms in total. The van der Waals surface area contributed by atoms with E-state index < -0.39 is 18.0 Å². The van der Waals surface area contributed by atoms with E-state index in [1.165, 1.54) is 24.3 Å². The van der Waals surface area contributed by atoms with Crippen molar-refractivity contribution in [3.8, 4) is 11.5 Å². The van der Waals surface area contributed by atoms with Gasteiger partial charge in [0.2, 0.25) is 0 Å². The van der Waals surface area contributed by atoms with Crippen LogP contribution in [0, 0.1) is 5.82 Å². The number of fused-ring (bicyclic) bond motifs is 3. The Kier molecular flexibility index (Phi) is 6.89. The van der Waals surface area contributed by atoms with Gasteiger partial charge in [0, 0.05) is 47.3 Å². The first-order valence-electron chi connectivity index (χ1n) is 12.7. The molecule has 3 heterocycles. The number of hydrogen-bond acceptors (Lipinski definition) is 5. The summed E-state index contributed by atoms with van der Waals surface area (Å²) >= 11 is 6.30. The quantitative estimate of drug-likeness (QED) is 0.247. The first kappa shape index (κ1) is 24.9. The second kappa shape index (κ2) is 10.8. The van der Waals surface area contributed by atoms with E-state index in [4.69, 9.17) is 21.1 Å². The molecule has 1 aliphatic heterocycles. The first-order chi connectivity index (χ1) is 19.0. The zero-order chi connectivity index (χ0) is 26.8. The van der Waals surface area contributed by atoms with Crippen LogP contribution in [0.15, 0.2) is 79.1 Å². The largest absolute Gasteiger partial charge is 0.494 e. The second-order valence-electron chi connectivity index (χ2n) is 9.31. The van der Waals surface area contributed by atoms with Gasteiger partial charge in [-0.15, -0.1) is 5.10 Å². The van der Waals surface area contributed by atoms with Gasteiger partial charge >= 0.3 is 6.09 Å². The van der Waals surface area contributed by atoms with E-state index in [1.807, 2.05) is 48.7 Å². The van der Waals surface area contributed by atoms with Crippen LogP contribution >= 0.6 is 11.6 Å². The molecule has 0 aliphatic carbocycles. The molecule has 0 bridgehead atoms. The fourth-order valence-electron chi connectivity index (χ4n) is 4.98. The predicted molar refractivity (Wildman–Crippen MR) is 145 cm³/mol. The van der Waals surface area contributed by atoms with E-state index in [2.05, 4.69) is 15.3 Å². The highest BCUT2D eigenvalue weighted by Crippen LogP contribution is 2.40. The molecule has 5 aromatic rings. The smallest absolute Gasteiger partial charge is 0.416 e. The minimum atomic E-state index is -0.512. The van der Waals surface area contributed by atoms with Crippen molar-refractivity contribution in [2.45, 2.75) is 25.4 Å². The molecule has 0 saturated heterocycles. The van der Waals surface area contributed by atoms with E-state index >= 15 is 0 Å². The molecule has 0 saturated carbocycles. The highest BCUT2D eigenvalue weighted by atomic mass is 35.5. The lowest BCUT2D eigenvalue weighted by Crippen LogP contribution is -2.42. The molecule has 1 aliphatic rings. The van der Waals surface area contributed by atoms with Crippen molar-refractivity contribution in [1.29, 1.82) is 0 Å². The van der Waals surface area contributed by atoms with Crippen molar-refractivity contribution in [1.82, 2.24) is 24.9 Å². The van der Waals surface area contributed by atoms with Crippen molar-refractivity contribution >= 4 is 28.6 Å². The summed E-state index contributed by atoms with van der Waals surface area (Å²) in [4.78, 5) is 18.6. The Hall–Kier alpha value is -4.37. The molecule has 10 heteroatoms. The zero-order valence-electron chi connectivity index (χ0n) is 20.9. The summed E-state index contributed by atoms with van der Waals surface area (Å²) in [6.45, 7) is 1.70. The van der Waals surface area contributed by atoms with Crippen LogP contribution in [-0.4, -0.2) is 44.1 Å². The number of ether oxygens (including phenoxy) is 2. The van der Waals surface area contributed by atoms with Gasteiger partial charge in [-0.25, -0.2) is 9.18 Å². The number of halogens is 2. The van der Waals surface area contributed by atoms with Crippen molar-refractivity contribution in [2.24, 2.45) is 0 Å². The minimum absolute atomic E-state index is 0.281. The van der Waals surface area contributed by atoms with Gasteiger partial charge in [0.15, 0.2) is 0 Å². The number of rotatable bonds is 7. The van der Waals surface area contributed by atoms with Crippen LogP contribution in [0.5, 0.6) is 11.5 Å². The number of carbonyl (C=O) groups is 1. The Morgan fingerprint density at radius 3 is 2.64 bits per heavy atom. The molecule has 198 valence electrons.